The van der Waals surface area contributed by atoms with Crippen LogP contribution in [-0.2, 0) is 16.0 Å². The molecule has 1 aromatic carbocycles. The van der Waals surface area contributed by atoms with Crippen molar-refractivity contribution in [3.63, 3.8) is 0 Å². The first-order chi connectivity index (χ1) is 8.84. The molecule has 1 heterocycles. The lowest BCUT2D eigenvalue weighted by Crippen LogP contribution is -3.15. The van der Waals surface area contributed by atoms with Gasteiger partial charge in [-0.25, -0.2) is 0 Å². The van der Waals surface area contributed by atoms with Crippen LogP contribution in [0.3, 0.4) is 0 Å². The van der Waals surface area contributed by atoms with Crippen molar-refractivity contribution in [1.29, 1.82) is 0 Å². The maximum absolute atomic E-state index is 11.7. The van der Waals surface area contributed by atoms with Crippen molar-refractivity contribution >= 4 is 5.91 Å². The molecular weight excluding hydrogens is 228 g/mol. The van der Waals surface area contributed by atoms with E-state index >= 15 is 0 Å². The highest BCUT2D eigenvalue weighted by atomic mass is 16.5. The fraction of sp³-hybridized carbons (Fsp3) is 0.500. The number of amides is 1. The second-order valence-electron chi connectivity index (χ2n) is 4.62. The first-order valence-corrected chi connectivity index (χ1v) is 6.56. The summed E-state index contributed by atoms with van der Waals surface area (Å²) < 4.78 is 5.27. The van der Waals surface area contributed by atoms with E-state index in [0.717, 1.165) is 32.7 Å². The highest BCUT2D eigenvalue weighted by Gasteiger charge is 2.16. The fourth-order valence-electron chi connectivity index (χ4n) is 2.12. The average Bonchev–Trinajstić information content (AvgIpc) is 2.41. The lowest BCUT2D eigenvalue weighted by molar-refractivity contribution is -0.900. The summed E-state index contributed by atoms with van der Waals surface area (Å²) in [6, 6.07) is 10.2. The SMILES string of the molecule is O=C(C[NH+]1CCOCC1)NCCc1ccccc1. The Morgan fingerprint density at radius 2 is 1.94 bits per heavy atom. The summed E-state index contributed by atoms with van der Waals surface area (Å²) in [7, 11) is 0. The second kappa shape index (κ2) is 7.13. The number of carbonyl (C=O) groups excluding carboxylic acids is 1. The van der Waals surface area contributed by atoms with Gasteiger partial charge >= 0.3 is 0 Å². The van der Waals surface area contributed by atoms with E-state index in [9.17, 15) is 4.79 Å². The number of carbonyl (C=O) groups is 1. The molecule has 18 heavy (non-hydrogen) atoms. The van der Waals surface area contributed by atoms with Gasteiger partial charge in [0.25, 0.3) is 5.91 Å². The van der Waals surface area contributed by atoms with E-state index < -0.39 is 0 Å². The van der Waals surface area contributed by atoms with Crippen molar-refractivity contribution in [3.8, 4) is 0 Å². The van der Waals surface area contributed by atoms with Crippen molar-refractivity contribution in [1.82, 2.24) is 5.32 Å². The summed E-state index contributed by atoms with van der Waals surface area (Å²) in [4.78, 5) is 13.0. The van der Waals surface area contributed by atoms with Crippen LogP contribution in [0.5, 0.6) is 0 Å². The second-order valence-corrected chi connectivity index (χ2v) is 4.62. The van der Waals surface area contributed by atoms with Crippen LogP contribution in [-0.4, -0.2) is 45.3 Å². The number of morpholine rings is 1. The van der Waals surface area contributed by atoms with Crippen LogP contribution in [0.2, 0.25) is 0 Å². The van der Waals surface area contributed by atoms with Gasteiger partial charge in [0.2, 0.25) is 0 Å². The molecule has 1 saturated heterocycles. The van der Waals surface area contributed by atoms with Crippen LogP contribution in [0, 0.1) is 0 Å². The zero-order chi connectivity index (χ0) is 12.6. The molecule has 0 unspecified atom stereocenters. The van der Waals surface area contributed by atoms with E-state index in [2.05, 4.69) is 17.4 Å². The van der Waals surface area contributed by atoms with Gasteiger partial charge in [0.05, 0.1) is 13.2 Å². The zero-order valence-electron chi connectivity index (χ0n) is 10.7. The molecule has 2 rings (SSSR count). The van der Waals surface area contributed by atoms with Gasteiger partial charge in [-0.15, -0.1) is 0 Å². The predicted molar refractivity (Wildman–Crippen MR) is 69.5 cm³/mol. The molecule has 0 atom stereocenters. The standard InChI is InChI=1S/C14H20N2O2/c17-14(12-16-8-10-18-11-9-16)15-7-6-13-4-2-1-3-5-13/h1-5H,6-12H2,(H,15,17)/p+1. The lowest BCUT2D eigenvalue weighted by Gasteiger charge is -2.23. The molecule has 1 aliphatic heterocycles. The number of benzene rings is 1. The van der Waals surface area contributed by atoms with E-state index in [1.165, 1.54) is 10.5 Å². The maximum atomic E-state index is 11.7. The molecule has 1 aliphatic rings. The molecule has 4 nitrogen and oxygen atoms in total. The molecule has 98 valence electrons. The first kappa shape index (κ1) is 13.1. The van der Waals surface area contributed by atoms with Crippen molar-refractivity contribution in [2.75, 3.05) is 39.4 Å². The molecule has 0 spiro atoms. The quantitative estimate of drug-likeness (QED) is 0.722. The van der Waals surface area contributed by atoms with Crippen LogP contribution in [0.4, 0.5) is 0 Å². The number of ether oxygens (including phenoxy) is 1. The monoisotopic (exact) mass is 249 g/mol. The van der Waals surface area contributed by atoms with E-state index in [4.69, 9.17) is 4.74 Å². The number of nitrogens with one attached hydrogen (secondary N) is 2. The van der Waals surface area contributed by atoms with Crippen molar-refractivity contribution in [2.24, 2.45) is 0 Å². The van der Waals surface area contributed by atoms with E-state index in [1.807, 2.05) is 18.2 Å². The molecular formula is C14H21N2O2+. The Morgan fingerprint density at radius 1 is 1.22 bits per heavy atom. The van der Waals surface area contributed by atoms with Gasteiger partial charge in [-0.05, 0) is 12.0 Å². The number of rotatable bonds is 5. The third-order valence-corrected chi connectivity index (χ3v) is 3.19. The molecule has 0 aliphatic carbocycles. The number of hydrogen-bond acceptors (Lipinski definition) is 2. The lowest BCUT2D eigenvalue weighted by atomic mass is 10.1. The smallest absolute Gasteiger partial charge is 0.275 e. The van der Waals surface area contributed by atoms with Gasteiger partial charge in [0.1, 0.15) is 13.1 Å². The Labute approximate surface area is 108 Å². The molecule has 1 amide bonds. The number of quaternary nitrogens is 1. The van der Waals surface area contributed by atoms with Crippen LogP contribution in [0.15, 0.2) is 30.3 Å². The minimum absolute atomic E-state index is 0.142. The predicted octanol–water partition coefficient (Wildman–Crippen LogP) is -0.740. The first-order valence-electron chi connectivity index (χ1n) is 6.56. The topological polar surface area (TPSA) is 42.8 Å². The van der Waals surface area contributed by atoms with Crippen molar-refractivity contribution in [3.05, 3.63) is 35.9 Å². The molecule has 0 radical (unpaired) electrons. The summed E-state index contributed by atoms with van der Waals surface area (Å²) in [5, 5.41) is 2.98. The van der Waals surface area contributed by atoms with Crippen LogP contribution in [0.1, 0.15) is 5.56 Å². The molecule has 0 bridgehead atoms. The largest absolute Gasteiger partial charge is 0.370 e. The average molecular weight is 249 g/mol. The molecule has 2 N–H and O–H groups in total. The summed E-state index contributed by atoms with van der Waals surface area (Å²) in [6.07, 6.45) is 0.894. The van der Waals surface area contributed by atoms with Crippen molar-refractivity contribution < 1.29 is 14.4 Å². The van der Waals surface area contributed by atoms with Crippen molar-refractivity contribution in [2.45, 2.75) is 6.42 Å². The Bertz CT molecular complexity index is 361. The third-order valence-electron chi connectivity index (χ3n) is 3.19. The Hall–Kier alpha value is -1.39. The van der Waals surface area contributed by atoms with Crippen LogP contribution >= 0.6 is 0 Å². The summed E-state index contributed by atoms with van der Waals surface area (Å²) in [5.41, 5.74) is 1.26. The van der Waals surface area contributed by atoms with E-state index in [1.54, 1.807) is 0 Å². The zero-order valence-corrected chi connectivity index (χ0v) is 10.7. The maximum Gasteiger partial charge on any atom is 0.275 e. The highest BCUT2D eigenvalue weighted by molar-refractivity contribution is 5.76. The minimum Gasteiger partial charge on any atom is -0.370 e. The minimum atomic E-state index is 0.142. The van der Waals surface area contributed by atoms with Gasteiger partial charge in [-0.3, -0.25) is 4.79 Å². The number of hydrogen-bond donors (Lipinski definition) is 2. The Kier molecular flexibility index (Phi) is 5.17. The van der Waals surface area contributed by atoms with E-state index in [-0.39, 0.29) is 5.91 Å². The van der Waals surface area contributed by atoms with Gasteiger partial charge < -0.3 is 15.0 Å². The Balaban J connectivity index is 1.62. The molecule has 1 fully saturated rings. The third kappa shape index (κ3) is 4.47. The molecule has 0 saturated carbocycles. The van der Waals surface area contributed by atoms with E-state index in [0.29, 0.717) is 13.1 Å². The van der Waals surface area contributed by atoms with Crippen LogP contribution in [0.25, 0.3) is 0 Å². The van der Waals surface area contributed by atoms with Gasteiger partial charge in [-0.2, -0.15) is 0 Å². The molecule has 4 heteroatoms. The summed E-state index contributed by atoms with van der Waals surface area (Å²) in [6.45, 7) is 4.70. The van der Waals surface area contributed by atoms with Gasteiger partial charge in [-0.1, -0.05) is 30.3 Å². The summed E-state index contributed by atoms with van der Waals surface area (Å²) in [5.74, 6) is 0.142. The van der Waals surface area contributed by atoms with Gasteiger partial charge in [0.15, 0.2) is 6.54 Å². The normalized spacial score (nSPS) is 16.4. The Morgan fingerprint density at radius 3 is 2.67 bits per heavy atom. The fourth-order valence-corrected chi connectivity index (χ4v) is 2.12. The van der Waals surface area contributed by atoms with Gasteiger partial charge in [0, 0.05) is 6.54 Å². The molecule has 1 aromatic rings. The molecule has 0 aromatic heterocycles. The van der Waals surface area contributed by atoms with Crippen LogP contribution < -0.4 is 10.2 Å². The summed E-state index contributed by atoms with van der Waals surface area (Å²) >= 11 is 0. The highest BCUT2D eigenvalue weighted by Crippen LogP contribution is 1.97.